The number of carbonyl (C=O) groups is 2. The summed E-state index contributed by atoms with van der Waals surface area (Å²) in [5, 5.41) is 11.3. The Morgan fingerprint density at radius 3 is 2.62 bits per heavy atom. The molecule has 0 fully saturated rings. The van der Waals surface area contributed by atoms with Gasteiger partial charge in [-0.3, -0.25) is 9.59 Å². The van der Waals surface area contributed by atoms with Gasteiger partial charge in [0.15, 0.2) is 11.5 Å². The molecule has 1 aromatic carbocycles. The highest BCUT2D eigenvalue weighted by Gasteiger charge is 2.33. The zero-order valence-electron chi connectivity index (χ0n) is 14.7. The first-order valence-corrected chi connectivity index (χ1v) is 9.20. The Morgan fingerprint density at radius 1 is 1.27 bits per heavy atom. The SMILES string of the molecule is COc1cc2c(cc1OC)C(CC(=O)O)N(C(=O)Cc1cccs1)CC2. The summed E-state index contributed by atoms with van der Waals surface area (Å²) in [6.45, 7) is 0.491. The molecule has 138 valence electrons. The fraction of sp³-hybridized carbons (Fsp3) is 0.368. The number of aliphatic carboxylic acids is 1. The van der Waals surface area contributed by atoms with Crippen molar-refractivity contribution < 1.29 is 24.2 Å². The number of carboxylic acids is 1. The predicted molar refractivity (Wildman–Crippen MR) is 98.0 cm³/mol. The lowest BCUT2D eigenvalue weighted by atomic mass is 9.89. The summed E-state index contributed by atoms with van der Waals surface area (Å²) >= 11 is 1.53. The minimum absolute atomic E-state index is 0.0564. The molecule has 3 rings (SSSR count). The van der Waals surface area contributed by atoms with Crippen LogP contribution in [0.2, 0.25) is 0 Å². The van der Waals surface area contributed by atoms with E-state index in [0.717, 1.165) is 16.0 Å². The number of rotatable bonds is 6. The van der Waals surface area contributed by atoms with Crippen molar-refractivity contribution in [2.24, 2.45) is 0 Å². The summed E-state index contributed by atoms with van der Waals surface area (Å²) in [5.74, 6) is 0.151. The molecule has 0 spiro atoms. The van der Waals surface area contributed by atoms with Crippen molar-refractivity contribution in [2.45, 2.75) is 25.3 Å². The lowest BCUT2D eigenvalue weighted by molar-refractivity contribution is -0.141. The first-order chi connectivity index (χ1) is 12.5. The van der Waals surface area contributed by atoms with E-state index in [2.05, 4.69) is 0 Å². The van der Waals surface area contributed by atoms with Crippen LogP contribution in [-0.2, 0) is 22.4 Å². The minimum atomic E-state index is -0.938. The van der Waals surface area contributed by atoms with E-state index in [9.17, 15) is 14.7 Å². The number of methoxy groups -OCH3 is 2. The van der Waals surface area contributed by atoms with Crippen molar-refractivity contribution in [3.8, 4) is 11.5 Å². The van der Waals surface area contributed by atoms with Crippen molar-refractivity contribution in [2.75, 3.05) is 20.8 Å². The molecule has 2 heterocycles. The van der Waals surface area contributed by atoms with Crippen LogP contribution >= 0.6 is 11.3 Å². The molecule has 7 heteroatoms. The third-order valence-electron chi connectivity index (χ3n) is 4.60. The lowest BCUT2D eigenvalue weighted by Crippen LogP contribution is -2.41. The summed E-state index contributed by atoms with van der Waals surface area (Å²) in [6.07, 6.45) is 0.803. The van der Waals surface area contributed by atoms with Gasteiger partial charge in [-0.1, -0.05) is 6.07 Å². The molecule has 1 aromatic heterocycles. The molecule has 1 atom stereocenters. The number of thiophene rings is 1. The van der Waals surface area contributed by atoms with E-state index in [4.69, 9.17) is 9.47 Å². The Hall–Kier alpha value is -2.54. The molecule has 1 aliphatic heterocycles. The second kappa shape index (κ2) is 7.78. The van der Waals surface area contributed by atoms with Crippen LogP contribution in [0, 0.1) is 0 Å². The summed E-state index contributed by atoms with van der Waals surface area (Å²) in [6, 6.07) is 6.99. The Balaban J connectivity index is 1.95. The number of fused-ring (bicyclic) bond motifs is 1. The van der Waals surface area contributed by atoms with Crippen molar-refractivity contribution in [1.29, 1.82) is 0 Å². The van der Waals surface area contributed by atoms with Gasteiger partial charge in [0, 0.05) is 11.4 Å². The van der Waals surface area contributed by atoms with Crippen LogP contribution < -0.4 is 9.47 Å². The second-order valence-electron chi connectivity index (χ2n) is 6.11. The maximum absolute atomic E-state index is 12.8. The number of benzene rings is 1. The average molecular weight is 375 g/mol. The summed E-state index contributed by atoms with van der Waals surface area (Å²) < 4.78 is 10.7. The fourth-order valence-electron chi connectivity index (χ4n) is 3.38. The second-order valence-corrected chi connectivity index (χ2v) is 7.15. The Bertz CT molecular complexity index is 803. The Kier molecular flexibility index (Phi) is 5.46. The number of amides is 1. The molecule has 26 heavy (non-hydrogen) atoms. The van der Waals surface area contributed by atoms with Crippen LogP contribution in [0.5, 0.6) is 11.5 Å². The zero-order valence-corrected chi connectivity index (χ0v) is 15.5. The Labute approximate surface area is 156 Å². The molecule has 0 bridgehead atoms. The largest absolute Gasteiger partial charge is 0.493 e. The van der Waals surface area contributed by atoms with Crippen LogP contribution in [-0.4, -0.2) is 42.6 Å². The Morgan fingerprint density at radius 2 is 2.00 bits per heavy atom. The zero-order chi connectivity index (χ0) is 18.7. The van der Waals surface area contributed by atoms with Gasteiger partial charge < -0.3 is 19.5 Å². The first kappa shape index (κ1) is 18.3. The highest BCUT2D eigenvalue weighted by atomic mass is 32.1. The van der Waals surface area contributed by atoms with Gasteiger partial charge in [0.2, 0.25) is 5.91 Å². The fourth-order valence-corrected chi connectivity index (χ4v) is 4.07. The van der Waals surface area contributed by atoms with Crippen LogP contribution in [0.3, 0.4) is 0 Å². The van der Waals surface area contributed by atoms with E-state index in [1.807, 2.05) is 23.6 Å². The van der Waals surface area contributed by atoms with Crippen molar-refractivity contribution in [3.63, 3.8) is 0 Å². The van der Waals surface area contributed by atoms with Gasteiger partial charge in [-0.25, -0.2) is 0 Å². The van der Waals surface area contributed by atoms with Gasteiger partial charge in [-0.15, -0.1) is 11.3 Å². The van der Waals surface area contributed by atoms with E-state index < -0.39 is 12.0 Å². The molecule has 1 unspecified atom stereocenters. The van der Waals surface area contributed by atoms with E-state index in [1.54, 1.807) is 25.2 Å². The summed E-state index contributed by atoms with van der Waals surface area (Å²) in [5.41, 5.74) is 1.81. The van der Waals surface area contributed by atoms with Crippen LogP contribution in [0.25, 0.3) is 0 Å². The van der Waals surface area contributed by atoms with Crippen LogP contribution in [0.15, 0.2) is 29.6 Å². The quantitative estimate of drug-likeness (QED) is 0.840. The van der Waals surface area contributed by atoms with Gasteiger partial charge in [-0.05, 0) is 41.1 Å². The molecule has 1 amide bonds. The van der Waals surface area contributed by atoms with Gasteiger partial charge in [-0.2, -0.15) is 0 Å². The normalized spacial score (nSPS) is 16.1. The maximum Gasteiger partial charge on any atom is 0.305 e. The highest BCUT2D eigenvalue weighted by molar-refractivity contribution is 7.10. The van der Waals surface area contributed by atoms with E-state index in [-0.39, 0.29) is 18.7 Å². The number of ether oxygens (including phenoxy) is 2. The van der Waals surface area contributed by atoms with Gasteiger partial charge >= 0.3 is 5.97 Å². The van der Waals surface area contributed by atoms with Gasteiger partial charge in [0.1, 0.15) is 0 Å². The summed E-state index contributed by atoms with van der Waals surface area (Å²) in [4.78, 5) is 26.9. The molecule has 1 aliphatic rings. The van der Waals surface area contributed by atoms with Crippen molar-refractivity contribution >= 4 is 23.2 Å². The van der Waals surface area contributed by atoms with E-state index in [0.29, 0.717) is 24.5 Å². The topological polar surface area (TPSA) is 76.1 Å². The number of hydrogen-bond acceptors (Lipinski definition) is 5. The molecule has 0 saturated heterocycles. The number of hydrogen-bond donors (Lipinski definition) is 1. The van der Waals surface area contributed by atoms with Crippen molar-refractivity contribution in [1.82, 2.24) is 4.90 Å². The van der Waals surface area contributed by atoms with E-state index >= 15 is 0 Å². The maximum atomic E-state index is 12.8. The third kappa shape index (κ3) is 3.67. The van der Waals surface area contributed by atoms with Crippen LogP contribution in [0.1, 0.15) is 28.5 Å². The van der Waals surface area contributed by atoms with Gasteiger partial charge in [0.05, 0.1) is 33.1 Å². The number of carbonyl (C=O) groups excluding carboxylic acids is 1. The molecule has 1 N–H and O–H groups in total. The predicted octanol–water partition coefficient (Wildman–Crippen LogP) is 2.91. The van der Waals surface area contributed by atoms with Crippen molar-refractivity contribution in [3.05, 3.63) is 45.6 Å². The monoisotopic (exact) mass is 375 g/mol. The molecule has 6 nitrogen and oxygen atoms in total. The molecule has 0 saturated carbocycles. The smallest absolute Gasteiger partial charge is 0.305 e. The molecular formula is C19H21NO5S. The molecular weight excluding hydrogens is 354 g/mol. The lowest BCUT2D eigenvalue weighted by Gasteiger charge is -2.37. The third-order valence-corrected chi connectivity index (χ3v) is 5.47. The number of nitrogens with zero attached hydrogens (tertiary/aromatic N) is 1. The number of carboxylic acid groups (broad SMARTS) is 1. The standard InChI is InChI=1S/C19H21NO5S/c1-24-16-8-12-5-6-20(18(21)9-13-4-3-7-26-13)15(11-19(22)23)14(12)10-17(16)25-2/h3-4,7-8,10,15H,5-6,9,11H2,1-2H3,(H,22,23). The van der Waals surface area contributed by atoms with Gasteiger partial charge in [0.25, 0.3) is 0 Å². The molecule has 2 aromatic rings. The van der Waals surface area contributed by atoms with Crippen LogP contribution in [0.4, 0.5) is 0 Å². The minimum Gasteiger partial charge on any atom is -0.493 e. The average Bonchev–Trinajstić information content (AvgIpc) is 3.13. The molecule has 0 aliphatic carbocycles. The highest BCUT2D eigenvalue weighted by Crippen LogP contribution is 2.39. The first-order valence-electron chi connectivity index (χ1n) is 8.32. The summed E-state index contributed by atoms with van der Waals surface area (Å²) in [7, 11) is 3.11. The molecule has 0 radical (unpaired) electrons. The van der Waals surface area contributed by atoms with E-state index in [1.165, 1.54) is 11.3 Å².